The minimum atomic E-state index is 0.856. The van der Waals surface area contributed by atoms with E-state index in [1.807, 2.05) is 16.9 Å². The quantitative estimate of drug-likeness (QED) is 0.792. The lowest BCUT2D eigenvalue weighted by atomic mass is 10.3. The van der Waals surface area contributed by atoms with E-state index in [-0.39, 0.29) is 0 Å². The predicted octanol–water partition coefficient (Wildman–Crippen LogP) is 2.76. The summed E-state index contributed by atoms with van der Waals surface area (Å²) in [4.78, 5) is 0. The molecule has 0 N–H and O–H groups in total. The molecule has 0 aliphatic rings. The standard InChI is InChI=1S/C8H7BrN2S/c9-8-4-7(6-12-8)5-11-3-1-2-10-11/h1-4,6H,5H2. The van der Waals surface area contributed by atoms with E-state index >= 15 is 0 Å². The first-order valence-corrected chi connectivity index (χ1v) is 5.22. The Bertz CT molecular complexity index is 353. The SMILES string of the molecule is Brc1cc(Cn2cccn2)cs1. The summed E-state index contributed by atoms with van der Waals surface area (Å²) in [5, 5.41) is 6.26. The average molecular weight is 243 g/mol. The molecule has 0 atom stereocenters. The van der Waals surface area contributed by atoms with Crippen LogP contribution >= 0.6 is 27.3 Å². The molecule has 2 nitrogen and oxygen atoms in total. The number of rotatable bonds is 2. The first kappa shape index (κ1) is 8.01. The smallest absolute Gasteiger partial charge is 0.0701 e. The molecule has 0 amide bonds. The van der Waals surface area contributed by atoms with Crippen molar-refractivity contribution in [3.8, 4) is 0 Å². The molecule has 62 valence electrons. The summed E-state index contributed by atoms with van der Waals surface area (Å²) in [5.74, 6) is 0. The van der Waals surface area contributed by atoms with E-state index in [9.17, 15) is 0 Å². The van der Waals surface area contributed by atoms with E-state index in [0.717, 1.165) is 6.54 Å². The number of hydrogen-bond acceptors (Lipinski definition) is 2. The maximum atomic E-state index is 4.13. The first-order chi connectivity index (χ1) is 5.84. The van der Waals surface area contributed by atoms with E-state index in [4.69, 9.17) is 0 Å². The van der Waals surface area contributed by atoms with Crippen LogP contribution in [0.2, 0.25) is 0 Å². The van der Waals surface area contributed by atoms with Gasteiger partial charge < -0.3 is 0 Å². The molecule has 2 aromatic heterocycles. The average Bonchev–Trinajstić information content (AvgIpc) is 2.63. The highest BCUT2D eigenvalue weighted by atomic mass is 79.9. The molecule has 12 heavy (non-hydrogen) atoms. The summed E-state index contributed by atoms with van der Waals surface area (Å²) in [6.07, 6.45) is 3.76. The predicted molar refractivity (Wildman–Crippen MR) is 53.3 cm³/mol. The molecule has 0 aliphatic carbocycles. The van der Waals surface area contributed by atoms with Gasteiger partial charge in [-0.2, -0.15) is 5.10 Å². The highest BCUT2D eigenvalue weighted by Gasteiger charge is 1.97. The van der Waals surface area contributed by atoms with Crippen molar-refractivity contribution in [1.82, 2.24) is 9.78 Å². The molecule has 0 aromatic carbocycles. The van der Waals surface area contributed by atoms with Gasteiger partial charge in [-0.1, -0.05) is 0 Å². The summed E-state index contributed by atoms with van der Waals surface area (Å²) in [6, 6.07) is 4.05. The molecule has 0 radical (unpaired) electrons. The zero-order valence-corrected chi connectivity index (χ0v) is 8.68. The van der Waals surface area contributed by atoms with Gasteiger partial charge in [0.25, 0.3) is 0 Å². The maximum absolute atomic E-state index is 4.13. The van der Waals surface area contributed by atoms with Crippen molar-refractivity contribution >= 4 is 27.3 Å². The Morgan fingerprint density at radius 1 is 1.58 bits per heavy atom. The zero-order valence-electron chi connectivity index (χ0n) is 6.27. The van der Waals surface area contributed by atoms with Gasteiger partial charge in [-0.25, -0.2) is 0 Å². The van der Waals surface area contributed by atoms with Crippen molar-refractivity contribution in [3.63, 3.8) is 0 Å². The lowest BCUT2D eigenvalue weighted by Crippen LogP contribution is -1.97. The van der Waals surface area contributed by atoms with E-state index in [0.29, 0.717) is 0 Å². The topological polar surface area (TPSA) is 17.8 Å². The molecule has 4 heteroatoms. The molecule has 0 fully saturated rings. The van der Waals surface area contributed by atoms with Gasteiger partial charge in [0, 0.05) is 12.4 Å². The third-order valence-electron chi connectivity index (χ3n) is 1.53. The van der Waals surface area contributed by atoms with E-state index in [2.05, 4.69) is 32.5 Å². The second-order valence-electron chi connectivity index (χ2n) is 2.46. The highest BCUT2D eigenvalue weighted by Crippen LogP contribution is 2.20. The molecule has 0 saturated carbocycles. The van der Waals surface area contributed by atoms with Crippen LogP contribution < -0.4 is 0 Å². The lowest BCUT2D eigenvalue weighted by molar-refractivity contribution is 0.688. The van der Waals surface area contributed by atoms with Gasteiger partial charge in [0.1, 0.15) is 0 Å². The van der Waals surface area contributed by atoms with E-state index in [1.54, 1.807) is 17.5 Å². The maximum Gasteiger partial charge on any atom is 0.0701 e. The van der Waals surface area contributed by atoms with Crippen LogP contribution in [0.15, 0.2) is 33.7 Å². The van der Waals surface area contributed by atoms with Crippen LogP contribution in [0.5, 0.6) is 0 Å². The van der Waals surface area contributed by atoms with E-state index < -0.39 is 0 Å². The van der Waals surface area contributed by atoms with Crippen LogP contribution in [0.25, 0.3) is 0 Å². The molecule has 0 aliphatic heterocycles. The fraction of sp³-hybridized carbons (Fsp3) is 0.125. The number of halogens is 1. The number of hydrogen-bond donors (Lipinski definition) is 0. The summed E-state index contributed by atoms with van der Waals surface area (Å²) >= 11 is 5.13. The van der Waals surface area contributed by atoms with Gasteiger partial charge >= 0.3 is 0 Å². The molecule has 2 aromatic rings. The van der Waals surface area contributed by atoms with Crippen LogP contribution in [-0.2, 0) is 6.54 Å². The van der Waals surface area contributed by atoms with Crippen LogP contribution in [0.4, 0.5) is 0 Å². The molecule has 0 unspecified atom stereocenters. The minimum absolute atomic E-state index is 0.856. The van der Waals surface area contributed by atoms with Crippen molar-refractivity contribution in [2.24, 2.45) is 0 Å². The van der Waals surface area contributed by atoms with Crippen LogP contribution in [-0.4, -0.2) is 9.78 Å². The molecular formula is C8H7BrN2S. The van der Waals surface area contributed by atoms with Gasteiger partial charge in [-0.05, 0) is 39.0 Å². The Hall–Kier alpha value is -0.610. The van der Waals surface area contributed by atoms with Crippen molar-refractivity contribution < 1.29 is 0 Å². The molecular weight excluding hydrogens is 236 g/mol. The van der Waals surface area contributed by atoms with Gasteiger partial charge in [-0.3, -0.25) is 4.68 Å². The highest BCUT2D eigenvalue weighted by molar-refractivity contribution is 9.11. The van der Waals surface area contributed by atoms with Crippen LogP contribution in [0.1, 0.15) is 5.56 Å². The van der Waals surface area contributed by atoms with Gasteiger partial charge in [0.15, 0.2) is 0 Å². The van der Waals surface area contributed by atoms with Gasteiger partial charge in [-0.15, -0.1) is 11.3 Å². The second-order valence-corrected chi connectivity index (χ2v) is 4.75. The van der Waals surface area contributed by atoms with Gasteiger partial charge in [0.2, 0.25) is 0 Å². The number of nitrogens with zero attached hydrogens (tertiary/aromatic N) is 2. The normalized spacial score (nSPS) is 10.4. The molecule has 2 rings (SSSR count). The minimum Gasteiger partial charge on any atom is -0.268 e. The van der Waals surface area contributed by atoms with Crippen LogP contribution in [0.3, 0.4) is 0 Å². The largest absolute Gasteiger partial charge is 0.268 e. The Morgan fingerprint density at radius 3 is 3.08 bits per heavy atom. The van der Waals surface area contributed by atoms with Crippen molar-refractivity contribution in [3.05, 3.63) is 39.3 Å². The summed E-state index contributed by atoms with van der Waals surface area (Å²) in [5.41, 5.74) is 1.29. The number of thiophene rings is 1. The third kappa shape index (κ3) is 1.76. The lowest BCUT2D eigenvalue weighted by Gasteiger charge is -1.96. The van der Waals surface area contributed by atoms with Crippen molar-refractivity contribution in [1.29, 1.82) is 0 Å². The summed E-state index contributed by atoms with van der Waals surface area (Å²) in [7, 11) is 0. The second kappa shape index (κ2) is 3.41. The Labute approximate surface area is 83.0 Å². The summed E-state index contributed by atoms with van der Waals surface area (Å²) in [6.45, 7) is 0.856. The number of aromatic nitrogens is 2. The Morgan fingerprint density at radius 2 is 2.50 bits per heavy atom. The summed E-state index contributed by atoms with van der Waals surface area (Å²) < 4.78 is 3.08. The molecule has 0 saturated heterocycles. The fourth-order valence-electron chi connectivity index (χ4n) is 1.01. The Kier molecular flexibility index (Phi) is 2.28. The fourth-order valence-corrected chi connectivity index (χ4v) is 2.21. The van der Waals surface area contributed by atoms with Crippen molar-refractivity contribution in [2.75, 3.05) is 0 Å². The third-order valence-corrected chi connectivity index (χ3v) is 3.08. The zero-order chi connectivity index (χ0) is 8.39. The van der Waals surface area contributed by atoms with Gasteiger partial charge in [0.05, 0.1) is 10.3 Å². The van der Waals surface area contributed by atoms with Crippen LogP contribution in [0, 0.1) is 0 Å². The van der Waals surface area contributed by atoms with Crippen molar-refractivity contribution in [2.45, 2.75) is 6.54 Å². The molecule has 0 bridgehead atoms. The molecule has 2 heterocycles. The van der Waals surface area contributed by atoms with E-state index in [1.165, 1.54) is 9.35 Å². The Balaban J connectivity index is 2.14. The monoisotopic (exact) mass is 242 g/mol. The molecule has 0 spiro atoms. The first-order valence-electron chi connectivity index (χ1n) is 3.55.